The van der Waals surface area contributed by atoms with Crippen molar-refractivity contribution in [3.8, 4) is 0 Å². The van der Waals surface area contributed by atoms with Gasteiger partial charge in [-0.1, -0.05) is 6.07 Å². The largest absolute Gasteiger partial charge is 0.373 e. The molecular formula is C24H33FN6O. The Morgan fingerprint density at radius 1 is 1.16 bits per heavy atom. The Kier molecular flexibility index (Phi) is 6.89. The molecule has 1 aromatic carbocycles. The summed E-state index contributed by atoms with van der Waals surface area (Å²) in [6, 6.07) is 7.43. The molecule has 0 aliphatic carbocycles. The molecule has 2 fully saturated rings. The van der Waals surface area contributed by atoms with E-state index >= 15 is 0 Å². The van der Waals surface area contributed by atoms with Gasteiger partial charge in [-0.05, 0) is 50.4 Å². The lowest BCUT2D eigenvalue weighted by molar-refractivity contribution is -0.129. The molecule has 1 N–H and O–H groups in total. The minimum absolute atomic E-state index is 0.0593. The predicted octanol–water partition coefficient (Wildman–Crippen LogP) is 3.57. The third-order valence-electron chi connectivity index (χ3n) is 6.35. The van der Waals surface area contributed by atoms with Crippen LogP contribution in [0.15, 0.2) is 24.3 Å². The van der Waals surface area contributed by atoms with E-state index in [1.165, 1.54) is 0 Å². The van der Waals surface area contributed by atoms with E-state index in [0.29, 0.717) is 24.6 Å². The van der Waals surface area contributed by atoms with E-state index in [4.69, 9.17) is 4.98 Å². The van der Waals surface area contributed by atoms with Crippen molar-refractivity contribution in [3.05, 3.63) is 47.2 Å². The molecule has 2 saturated heterocycles. The highest BCUT2D eigenvalue weighted by atomic mass is 19.1. The summed E-state index contributed by atoms with van der Waals surface area (Å²) >= 11 is 0. The zero-order chi connectivity index (χ0) is 22.7. The Morgan fingerprint density at radius 3 is 2.62 bits per heavy atom. The second-order valence-electron chi connectivity index (χ2n) is 8.88. The van der Waals surface area contributed by atoms with Crippen LogP contribution in [0.4, 0.5) is 15.9 Å². The van der Waals surface area contributed by atoms with Gasteiger partial charge >= 0.3 is 0 Å². The minimum Gasteiger partial charge on any atom is -0.373 e. The van der Waals surface area contributed by atoms with Crippen LogP contribution >= 0.6 is 0 Å². The van der Waals surface area contributed by atoms with Gasteiger partial charge in [-0.3, -0.25) is 9.69 Å². The van der Waals surface area contributed by atoms with Crippen LogP contribution < -0.4 is 10.2 Å². The van der Waals surface area contributed by atoms with E-state index in [0.717, 1.165) is 62.4 Å². The molecule has 8 heteroatoms. The van der Waals surface area contributed by atoms with Crippen molar-refractivity contribution in [1.82, 2.24) is 19.8 Å². The minimum atomic E-state index is -0.148. The number of rotatable bonds is 7. The zero-order valence-corrected chi connectivity index (χ0v) is 19.3. The molecule has 2 aromatic rings. The van der Waals surface area contributed by atoms with Crippen LogP contribution in [0.2, 0.25) is 0 Å². The fourth-order valence-corrected chi connectivity index (χ4v) is 4.80. The topological polar surface area (TPSA) is 64.6 Å². The number of anilines is 2. The van der Waals surface area contributed by atoms with E-state index in [1.807, 2.05) is 37.2 Å². The molecule has 4 rings (SSSR count). The maximum atomic E-state index is 14.7. The molecule has 2 aliphatic heterocycles. The second kappa shape index (κ2) is 9.81. The molecule has 1 aromatic heterocycles. The van der Waals surface area contributed by atoms with Gasteiger partial charge in [-0.15, -0.1) is 0 Å². The van der Waals surface area contributed by atoms with E-state index in [2.05, 4.69) is 20.1 Å². The number of hydrogen-bond acceptors (Lipinski definition) is 6. The van der Waals surface area contributed by atoms with Crippen molar-refractivity contribution in [1.29, 1.82) is 0 Å². The molecular weight excluding hydrogens is 407 g/mol. The van der Waals surface area contributed by atoms with Crippen molar-refractivity contribution in [2.45, 2.75) is 51.7 Å². The highest BCUT2D eigenvalue weighted by Gasteiger charge is 2.30. The van der Waals surface area contributed by atoms with Crippen LogP contribution in [0.5, 0.6) is 0 Å². The number of amides is 1. The third-order valence-corrected chi connectivity index (χ3v) is 6.35. The molecule has 1 atom stereocenters. The molecule has 32 heavy (non-hydrogen) atoms. The number of carbonyl (C=O) groups is 1. The maximum absolute atomic E-state index is 14.7. The smallest absolute Gasteiger partial charge is 0.220 e. The Morgan fingerprint density at radius 2 is 1.94 bits per heavy atom. The van der Waals surface area contributed by atoms with Gasteiger partial charge in [0.2, 0.25) is 5.91 Å². The first-order valence-electron chi connectivity index (χ1n) is 11.5. The molecule has 0 saturated carbocycles. The summed E-state index contributed by atoms with van der Waals surface area (Å²) in [5, 5.41) is 3.11. The van der Waals surface area contributed by atoms with Crippen molar-refractivity contribution in [2.75, 3.05) is 43.9 Å². The summed E-state index contributed by atoms with van der Waals surface area (Å²) in [5.41, 5.74) is 2.53. The molecule has 7 nitrogen and oxygen atoms in total. The van der Waals surface area contributed by atoms with E-state index in [1.54, 1.807) is 13.0 Å². The summed E-state index contributed by atoms with van der Waals surface area (Å²) in [6.45, 7) is 5.44. The lowest BCUT2D eigenvalue weighted by Gasteiger charge is -2.24. The van der Waals surface area contributed by atoms with Gasteiger partial charge in [0.25, 0.3) is 0 Å². The molecule has 0 bridgehead atoms. The summed E-state index contributed by atoms with van der Waals surface area (Å²) in [5.74, 6) is 1.35. The van der Waals surface area contributed by atoms with Crippen molar-refractivity contribution in [2.24, 2.45) is 0 Å². The van der Waals surface area contributed by atoms with Gasteiger partial charge in [-0.25, -0.2) is 14.4 Å². The lowest BCUT2D eigenvalue weighted by Crippen LogP contribution is -2.29. The lowest BCUT2D eigenvalue weighted by atomic mass is 10.1. The van der Waals surface area contributed by atoms with Gasteiger partial charge in [0.1, 0.15) is 11.6 Å². The average molecular weight is 441 g/mol. The van der Waals surface area contributed by atoms with Crippen LogP contribution in [0.1, 0.15) is 55.7 Å². The fraction of sp³-hybridized carbons (Fsp3) is 0.542. The quantitative estimate of drug-likeness (QED) is 0.710. The first-order chi connectivity index (χ1) is 15.4. The third kappa shape index (κ3) is 5.01. The van der Waals surface area contributed by atoms with Gasteiger partial charge in [0.05, 0.1) is 17.4 Å². The number of nitrogens with zero attached hydrogens (tertiary/aromatic N) is 5. The van der Waals surface area contributed by atoms with Crippen molar-refractivity contribution < 1.29 is 9.18 Å². The number of likely N-dealkylation sites (tertiary alicyclic amines) is 1. The Hall–Kier alpha value is -2.74. The Balaban J connectivity index is 1.46. The van der Waals surface area contributed by atoms with E-state index < -0.39 is 0 Å². The van der Waals surface area contributed by atoms with Gasteiger partial charge in [-0.2, -0.15) is 0 Å². The van der Waals surface area contributed by atoms with E-state index in [-0.39, 0.29) is 17.8 Å². The van der Waals surface area contributed by atoms with Gasteiger partial charge in [0, 0.05) is 52.8 Å². The van der Waals surface area contributed by atoms with Crippen LogP contribution in [0, 0.1) is 5.82 Å². The first-order valence-corrected chi connectivity index (χ1v) is 11.5. The maximum Gasteiger partial charge on any atom is 0.220 e. The number of nitrogens with one attached hydrogen (secondary N) is 1. The number of carbonyl (C=O) groups excluding carboxylic acids is 1. The van der Waals surface area contributed by atoms with Gasteiger partial charge < -0.3 is 15.1 Å². The molecule has 0 spiro atoms. The van der Waals surface area contributed by atoms with E-state index in [9.17, 15) is 9.18 Å². The Labute approximate surface area is 189 Å². The Bertz CT molecular complexity index is 962. The summed E-state index contributed by atoms with van der Waals surface area (Å²) in [6.07, 6.45) is 4.10. The van der Waals surface area contributed by atoms with Crippen LogP contribution in [0.25, 0.3) is 0 Å². The molecule has 1 amide bonds. The molecule has 2 aliphatic rings. The summed E-state index contributed by atoms with van der Waals surface area (Å²) in [4.78, 5) is 27.5. The molecule has 172 valence electrons. The monoisotopic (exact) mass is 440 g/mol. The SMILES string of the molecule is CNc1cc(CN(C)Cc2ccc(N3CCCC3)c(F)c2)nc(C2CCCN2C(C)=O)n1. The normalized spacial score (nSPS) is 18.6. The van der Waals surface area contributed by atoms with Crippen LogP contribution in [-0.2, 0) is 17.9 Å². The highest BCUT2D eigenvalue weighted by Crippen LogP contribution is 2.31. The zero-order valence-electron chi connectivity index (χ0n) is 19.3. The second-order valence-corrected chi connectivity index (χ2v) is 8.88. The van der Waals surface area contributed by atoms with Crippen LogP contribution in [0.3, 0.4) is 0 Å². The number of aromatic nitrogens is 2. The standard InChI is InChI=1S/C24H33FN6O/c1-17(32)31-12-6-7-22(31)24-27-19(14-23(26-2)28-24)16-29(3)15-18-8-9-21(20(25)13-18)30-10-4-5-11-30/h8-9,13-14,22H,4-7,10-12,15-16H2,1-3H3,(H,26,27,28). The fourth-order valence-electron chi connectivity index (χ4n) is 4.80. The summed E-state index contributed by atoms with van der Waals surface area (Å²) < 4.78 is 14.7. The average Bonchev–Trinajstić information content (AvgIpc) is 3.46. The summed E-state index contributed by atoms with van der Waals surface area (Å²) in [7, 11) is 3.84. The number of halogens is 1. The van der Waals surface area contributed by atoms with Gasteiger partial charge in [0.15, 0.2) is 5.82 Å². The molecule has 0 radical (unpaired) electrons. The predicted molar refractivity (Wildman–Crippen MR) is 124 cm³/mol. The highest BCUT2D eigenvalue weighted by molar-refractivity contribution is 5.74. The first kappa shape index (κ1) is 22.5. The molecule has 1 unspecified atom stereocenters. The van der Waals surface area contributed by atoms with Crippen molar-refractivity contribution >= 4 is 17.4 Å². The molecule has 3 heterocycles. The van der Waals surface area contributed by atoms with Crippen LogP contribution in [-0.4, -0.2) is 59.4 Å². The van der Waals surface area contributed by atoms with Crippen molar-refractivity contribution in [3.63, 3.8) is 0 Å². The number of hydrogen-bond donors (Lipinski definition) is 1. The number of benzene rings is 1.